The van der Waals surface area contributed by atoms with Crippen molar-refractivity contribution in [1.82, 2.24) is 9.78 Å². The van der Waals surface area contributed by atoms with Crippen LogP contribution in [-0.2, 0) is 13.2 Å². The number of ether oxygens (including phenoxy) is 1. The van der Waals surface area contributed by atoms with E-state index >= 15 is 0 Å². The van der Waals surface area contributed by atoms with Gasteiger partial charge in [-0.25, -0.2) is 0 Å². The fourth-order valence-corrected chi connectivity index (χ4v) is 3.02. The van der Waals surface area contributed by atoms with E-state index in [2.05, 4.69) is 5.10 Å². The van der Waals surface area contributed by atoms with Crippen molar-refractivity contribution in [2.45, 2.75) is 27.0 Å². The molecule has 140 valence electrons. The summed E-state index contributed by atoms with van der Waals surface area (Å²) in [6.07, 6.45) is 4.69. The summed E-state index contributed by atoms with van der Waals surface area (Å²) in [7, 11) is 0. The number of benzene rings is 1. The minimum atomic E-state index is -0.116. The number of hydrogen-bond acceptors (Lipinski definition) is 4. The Morgan fingerprint density at radius 1 is 1.30 bits per heavy atom. The Morgan fingerprint density at radius 3 is 2.81 bits per heavy atom. The number of carbonyl (C=O) groups excluding carboxylic acids is 1. The van der Waals surface area contributed by atoms with E-state index in [1.807, 2.05) is 13.8 Å². The van der Waals surface area contributed by atoms with Crippen LogP contribution >= 0.6 is 23.2 Å². The van der Waals surface area contributed by atoms with Crippen molar-refractivity contribution in [3.63, 3.8) is 0 Å². The molecule has 1 aromatic carbocycles. The molecule has 0 bridgehead atoms. The van der Waals surface area contributed by atoms with Gasteiger partial charge < -0.3 is 9.15 Å². The van der Waals surface area contributed by atoms with Gasteiger partial charge in [-0.2, -0.15) is 5.10 Å². The predicted octanol–water partition coefficient (Wildman–Crippen LogP) is 5.59. The van der Waals surface area contributed by atoms with E-state index in [1.54, 1.807) is 47.3 Å². The van der Waals surface area contributed by atoms with Crippen molar-refractivity contribution in [2.75, 3.05) is 0 Å². The van der Waals surface area contributed by atoms with Crippen LogP contribution in [0.2, 0.25) is 10.0 Å². The minimum Gasteiger partial charge on any atom is -0.484 e. The Kier molecular flexibility index (Phi) is 6.04. The zero-order valence-corrected chi connectivity index (χ0v) is 16.4. The Labute approximate surface area is 167 Å². The summed E-state index contributed by atoms with van der Waals surface area (Å²) in [6.45, 7) is 4.79. The van der Waals surface area contributed by atoms with Crippen LogP contribution in [-0.4, -0.2) is 15.6 Å². The largest absolute Gasteiger partial charge is 0.484 e. The Bertz CT molecular complexity index is 989. The fourth-order valence-electron chi connectivity index (χ4n) is 2.56. The number of hydrogen-bond donors (Lipinski definition) is 0. The first-order valence-corrected chi connectivity index (χ1v) is 9.15. The van der Waals surface area contributed by atoms with E-state index in [1.165, 1.54) is 6.08 Å². The highest BCUT2D eigenvalue weighted by Gasteiger charge is 2.11. The van der Waals surface area contributed by atoms with Crippen molar-refractivity contribution in [3.8, 4) is 5.75 Å². The molecule has 0 saturated heterocycles. The van der Waals surface area contributed by atoms with E-state index in [0.717, 1.165) is 12.2 Å². The van der Waals surface area contributed by atoms with Crippen molar-refractivity contribution < 1.29 is 13.9 Å². The number of aromatic nitrogens is 2. The van der Waals surface area contributed by atoms with E-state index in [9.17, 15) is 4.79 Å². The normalized spacial score (nSPS) is 11.3. The number of allylic oxidation sites excluding steroid dienone is 1. The molecule has 3 rings (SSSR count). The van der Waals surface area contributed by atoms with Gasteiger partial charge >= 0.3 is 0 Å². The van der Waals surface area contributed by atoms with Gasteiger partial charge in [0.25, 0.3) is 0 Å². The molecule has 0 spiro atoms. The molecule has 2 heterocycles. The highest BCUT2D eigenvalue weighted by atomic mass is 35.5. The molecule has 5 nitrogen and oxygen atoms in total. The highest BCUT2D eigenvalue weighted by molar-refractivity contribution is 6.35. The summed E-state index contributed by atoms with van der Waals surface area (Å²) in [6, 6.07) is 8.57. The number of ketones is 1. The molecule has 2 aromatic heterocycles. The molecule has 0 saturated carbocycles. The topological polar surface area (TPSA) is 57.3 Å². The molecular weight excluding hydrogens is 387 g/mol. The number of rotatable bonds is 7. The number of carbonyl (C=O) groups is 1. The summed E-state index contributed by atoms with van der Waals surface area (Å²) in [5, 5.41) is 5.16. The Morgan fingerprint density at radius 2 is 2.11 bits per heavy atom. The molecule has 0 aliphatic heterocycles. The average molecular weight is 405 g/mol. The molecule has 0 radical (unpaired) electrons. The lowest BCUT2D eigenvalue weighted by Crippen LogP contribution is -2.01. The van der Waals surface area contributed by atoms with Crippen LogP contribution in [0.4, 0.5) is 0 Å². The Balaban J connectivity index is 1.62. The van der Waals surface area contributed by atoms with E-state index < -0.39 is 0 Å². The van der Waals surface area contributed by atoms with Crippen LogP contribution in [0.5, 0.6) is 5.75 Å². The van der Waals surface area contributed by atoms with E-state index in [-0.39, 0.29) is 12.4 Å². The van der Waals surface area contributed by atoms with Gasteiger partial charge in [-0.1, -0.05) is 23.2 Å². The van der Waals surface area contributed by atoms with E-state index in [4.69, 9.17) is 32.4 Å². The molecule has 0 aliphatic rings. The maximum absolute atomic E-state index is 12.3. The van der Waals surface area contributed by atoms with Crippen LogP contribution in [0.25, 0.3) is 6.08 Å². The van der Waals surface area contributed by atoms with Gasteiger partial charge in [0.1, 0.15) is 23.9 Å². The summed E-state index contributed by atoms with van der Waals surface area (Å²) in [5.41, 5.74) is 1.43. The van der Waals surface area contributed by atoms with Crippen molar-refractivity contribution in [3.05, 3.63) is 75.4 Å². The fraction of sp³-hybridized carbons (Fsp3) is 0.200. The van der Waals surface area contributed by atoms with Gasteiger partial charge in [-0.3, -0.25) is 9.48 Å². The number of nitrogens with zero attached hydrogens (tertiary/aromatic N) is 2. The third-order valence-corrected chi connectivity index (χ3v) is 4.54. The Hall–Kier alpha value is -2.50. The molecule has 27 heavy (non-hydrogen) atoms. The minimum absolute atomic E-state index is 0.116. The quantitative estimate of drug-likeness (QED) is 0.380. The van der Waals surface area contributed by atoms with Gasteiger partial charge in [0.05, 0.1) is 16.8 Å². The molecule has 7 heteroatoms. The first-order chi connectivity index (χ1) is 13.0. The highest BCUT2D eigenvalue weighted by Crippen LogP contribution is 2.28. The third kappa shape index (κ3) is 4.62. The summed E-state index contributed by atoms with van der Waals surface area (Å²) >= 11 is 11.9. The standard InChI is InChI=1S/C20H18Cl2N2O3/c1-3-24-13(2)17(11-23-24)19(25)8-7-15-5-6-16(27-15)12-26-20-9-4-14(21)10-18(20)22/h4-11H,3,12H2,1-2H3/b8-7+. The van der Waals surface area contributed by atoms with Crippen LogP contribution < -0.4 is 4.74 Å². The molecule has 0 amide bonds. The summed E-state index contributed by atoms with van der Waals surface area (Å²) < 4.78 is 13.1. The van der Waals surface area contributed by atoms with Crippen molar-refractivity contribution in [1.29, 1.82) is 0 Å². The second-order valence-corrected chi connectivity index (χ2v) is 6.67. The van der Waals surface area contributed by atoms with Gasteiger partial charge in [0, 0.05) is 17.3 Å². The zero-order chi connectivity index (χ0) is 19.4. The SMILES string of the molecule is CCn1ncc(C(=O)/C=C/c2ccc(COc3ccc(Cl)cc3Cl)o2)c1C. The molecule has 0 fully saturated rings. The lowest BCUT2D eigenvalue weighted by molar-refractivity contribution is 0.104. The van der Waals surface area contributed by atoms with Crippen LogP contribution in [0, 0.1) is 6.92 Å². The lowest BCUT2D eigenvalue weighted by atomic mass is 10.1. The second kappa shape index (κ2) is 8.46. The van der Waals surface area contributed by atoms with Crippen LogP contribution in [0.1, 0.15) is 34.5 Å². The summed E-state index contributed by atoms with van der Waals surface area (Å²) in [4.78, 5) is 12.3. The molecule has 3 aromatic rings. The smallest absolute Gasteiger partial charge is 0.189 e. The first kappa shape index (κ1) is 19.3. The summed E-state index contributed by atoms with van der Waals surface area (Å²) in [5.74, 6) is 1.58. The maximum Gasteiger partial charge on any atom is 0.189 e. The maximum atomic E-state index is 12.3. The van der Waals surface area contributed by atoms with Gasteiger partial charge in [0.2, 0.25) is 0 Å². The third-order valence-electron chi connectivity index (χ3n) is 4.01. The molecule has 0 aliphatic carbocycles. The average Bonchev–Trinajstić information content (AvgIpc) is 3.25. The van der Waals surface area contributed by atoms with Gasteiger partial charge in [0.15, 0.2) is 5.78 Å². The second-order valence-electron chi connectivity index (χ2n) is 5.82. The van der Waals surface area contributed by atoms with E-state index in [0.29, 0.717) is 32.9 Å². The first-order valence-electron chi connectivity index (χ1n) is 8.39. The number of aryl methyl sites for hydroxylation is 1. The molecule has 0 atom stereocenters. The molecule has 0 N–H and O–H groups in total. The number of halogens is 2. The molecule has 0 unspecified atom stereocenters. The van der Waals surface area contributed by atoms with Crippen LogP contribution in [0.3, 0.4) is 0 Å². The van der Waals surface area contributed by atoms with Gasteiger partial charge in [-0.15, -0.1) is 0 Å². The number of furan rings is 1. The zero-order valence-electron chi connectivity index (χ0n) is 14.9. The molecular formula is C20H18Cl2N2O3. The lowest BCUT2D eigenvalue weighted by Gasteiger charge is -2.06. The van der Waals surface area contributed by atoms with Crippen LogP contribution in [0.15, 0.2) is 47.0 Å². The van der Waals surface area contributed by atoms with Crippen molar-refractivity contribution >= 4 is 35.1 Å². The predicted molar refractivity (Wildman–Crippen MR) is 106 cm³/mol. The van der Waals surface area contributed by atoms with Crippen molar-refractivity contribution in [2.24, 2.45) is 0 Å². The monoisotopic (exact) mass is 404 g/mol. The van der Waals surface area contributed by atoms with Gasteiger partial charge in [-0.05, 0) is 56.3 Å².